The molecule has 0 aromatic carbocycles. The van der Waals surface area contributed by atoms with Gasteiger partial charge in [0.05, 0.1) is 0 Å². The van der Waals surface area contributed by atoms with Crippen molar-refractivity contribution in [3.8, 4) is 0 Å². The molecular weight excluding hydrogens is 202 g/mol. The zero-order valence-corrected chi connectivity index (χ0v) is 11.0. The Bertz CT molecular complexity index is 248. The summed E-state index contributed by atoms with van der Waals surface area (Å²) >= 11 is 0. The van der Waals surface area contributed by atoms with E-state index in [2.05, 4.69) is 25.7 Å². The fraction of sp³-hybridized carbons (Fsp3) is 0.923. The van der Waals surface area contributed by atoms with Crippen molar-refractivity contribution in [2.75, 3.05) is 6.54 Å². The predicted octanol–water partition coefficient (Wildman–Crippen LogP) is 2.75. The molecule has 3 nitrogen and oxygen atoms in total. The van der Waals surface area contributed by atoms with Gasteiger partial charge < -0.3 is 5.11 Å². The molecule has 0 heterocycles. The third kappa shape index (κ3) is 2.97. The zero-order chi connectivity index (χ0) is 12.3. The summed E-state index contributed by atoms with van der Waals surface area (Å²) in [5.74, 6) is -0.141. The van der Waals surface area contributed by atoms with E-state index in [1.54, 1.807) is 0 Å². The van der Waals surface area contributed by atoms with Crippen molar-refractivity contribution in [1.29, 1.82) is 0 Å². The molecule has 1 rings (SSSR count). The van der Waals surface area contributed by atoms with Gasteiger partial charge in [-0.25, -0.2) is 0 Å². The molecule has 1 N–H and O–H groups in total. The minimum absolute atomic E-state index is 0.509. The maximum Gasteiger partial charge on any atom is 0.323 e. The van der Waals surface area contributed by atoms with E-state index >= 15 is 0 Å². The van der Waals surface area contributed by atoms with Crippen molar-refractivity contribution < 1.29 is 9.90 Å². The average Bonchev–Trinajstić information content (AvgIpc) is 2.97. The fourth-order valence-electron chi connectivity index (χ4n) is 2.39. The quantitative estimate of drug-likeness (QED) is 0.727. The highest BCUT2D eigenvalue weighted by molar-refractivity contribution is 5.78. The molecule has 1 aliphatic carbocycles. The van der Waals surface area contributed by atoms with Crippen LogP contribution >= 0.6 is 0 Å². The first kappa shape index (κ1) is 13.5. The van der Waals surface area contributed by atoms with Crippen molar-refractivity contribution >= 4 is 5.97 Å². The molecule has 1 atom stereocenters. The smallest absolute Gasteiger partial charge is 0.323 e. The Labute approximate surface area is 98.8 Å². The molecule has 1 fully saturated rings. The van der Waals surface area contributed by atoms with E-state index in [1.165, 1.54) is 12.8 Å². The number of nitrogens with zero attached hydrogens (tertiary/aromatic N) is 1. The summed E-state index contributed by atoms with van der Waals surface area (Å²) in [5, 5.41) is 9.48. The maximum atomic E-state index is 11.5. The molecular formula is C13H25NO2. The molecule has 0 saturated heterocycles. The first-order valence-corrected chi connectivity index (χ1v) is 6.42. The van der Waals surface area contributed by atoms with Crippen LogP contribution in [0.4, 0.5) is 0 Å². The molecule has 3 heteroatoms. The third-order valence-electron chi connectivity index (χ3n) is 3.38. The molecule has 0 bridgehead atoms. The molecule has 0 amide bonds. The van der Waals surface area contributed by atoms with Gasteiger partial charge in [-0.2, -0.15) is 0 Å². The summed E-state index contributed by atoms with van der Waals surface area (Å²) in [6.45, 7) is 9.15. The predicted molar refractivity (Wildman–Crippen MR) is 65.5 cm³/mol. The van der Waals surface area contributed by atoms with Crippen LogP contribution in [0.3, 0.4) is 0 Å². The highest BCUT2D eigenvalue weighted by Crippen LogP contribution is 2.36. The lowest BCUT2D eigenvalue weighted by molar-refractivity contribution is -0.152. The van der Waals surface area contributed by atoms with E-state index in [1.807, 2.05) is 6.92 Å². The van der Waals surface area contributed by atoms with Gasteiger partial charge >= 0.3 is 5.97 Å². The van der Waals surface area contributed by atoms with Crippen LogP contribution < -0.4 is 0 Å². The second-order valence-corrected chi connectivity index (χ2v) is 5.61. The Morgan fingerprint density at radius 3 is 2.38 bits per heavy atom. The SMILES string of the molecule is CCCC(C)(C(=O)O)N(CC(C)C)C1CC1. The standard InChI is InChI=1S/C13H25NO2/c1-5-8-13(4,12(15)16)14(9-10(2)3)11-6-7-11/h10-11H,5-9H2,1-4H3,(H,15,16). The van der Waals surface area contributed by atoms with Crippen molar-refractivity contribution in [3.05, 3.63) is 0 Å². The van der Waals surface area contributed by atoms with Gasteiger partial charge in [0.2, 0.25) is 0 Å². The second kappa shape index (κ2) is 5.17. The van der Waals surface area contributed by atoms with Crippen LogP contribution in [0.25, 0.3) is 0 Å². The Morgan fingerprint density at radius 1 is 1.50 bits per heavy atom. The molecule has 0 aromatic rings. The van der Waals surface area contributed by atoms with Gasteiger partial charge in [-0.3, -0.25) is 9.69 Å². The van der Waals surface area contributed by atoms with E-state index in [0.29, 0.717) is 12.0 Å². The van der Waals surface area contributed by atoms with Crippen LogP contribution in [0.15, 0.2) is 0 Å². The first-order valence-electron chi connectivity index (χ1n) is 6.42. The Balaban J connectivity index is 2.82. The topological polar surface area (TPSA) is 40.5 Å². The van der Waals surface area contributed by atoms with Gasteiger partial charge in [-0.1, -0.05) is 27.2 Å². The van der Waals surface area contributed by atoms with Gasteiger partial charge in [-0.05, 0) is 32.1 Å². The lowest BCUT2D eigenvalue weighted by atomic mass is 9.92. The largest absolute Gasteiger partial charge is 0.480 e. The van der Waals surface area contributed by atoms with Gasteiger partial charge in [0, 0.05) is 12.6 Å². The van der Waals surface area contributed by atoms with Gasteiger partial charge in [0.25, 0.3) is 0 Å². The van der Waals surface area contributed by atoms with E-state index < -0.39 is 11.5 Å². The molecule has 16 heavy (non-hydrogen) atoms. The second-order valence-electron chi connectivity index (χ2n) is 5.61. The van der Waals surface area contributed by atoms with Crippen molar-refractivity contribution in [2.24, 2.45) is 5.92 Å². The van der Waals surface area contributed by atoms with Gasteiger partial charge in [-0.15, -0.1) is 0 Å². The first-order chi connectivity index (χ1) is 7.41. The number of aliphatic carboxylic acids is 1. The zero-order valence-electron chi connectivity index (χ0n) is 11.0. The molecule has 1 saturated carbocycles. The molecule has 0 aliphatic heterocycles. The monoisotopic (exact) mass is 227 g/mol. The Kier molecular flexibility index (Phi) is 4.36. The molecule has 0 aromatic heterocycles. The normalized spacial score (nSPS) is 20.1. The van der Waals surface area contributed by atoms with Gasteiger partial charge in [0.1, 0.15) is 5.54 Å². The summed E-state index contributed by atoms with van der Waals surface area (Å²) in [7, 11) is 0. The Hall–Kier alpha value is -0.570. The summed E-state index contributed by atoms with van der Waals surface area (Å²) in [6, 6.07) is 0.509. The highest BCUT2D eigenvalue weighted by atomic mass is 16.4. The minimum Gasteiger partial charge on any atom is -0.480 e. The highest BCUT2D eigenvalue weighted by Gasteiger charge is 2.45. The van der Waals surface area contributed by atoms with E-state index in [9.17, 15) is 9.90 Å². The lowest BCUT2D eigenvalue weighted by Crippen LogP contribution is -2.54. The molecule has 1 unspecified atom stereocenters. The molecule has 0 spiro atoms. The van der Waals surface area contributed by atoms with Gasteiger partial charge in [0.15, 0.2) is 0 Å². The maximum absolute atomic E-state index is 11.5. The number of rotatable bonds is 7. The van der Waals surface area contributed by atoms with Crippen LogP contribution in [0.5, 0.6) is 0 Å². The molecule has 94 valence electrons. The fourth-order valence-corrected chi connectivity index (χ4v) is 2.39. The van der Waals surface area contributed by atoms with Crippen LogP contribution in [-0.2, 0) is 4.79 Å². The van der Waals surface area contributed by atoms with E-state index in [0.717, 1.165) is 19.4 Å². The summed E-state index contributed by atoms with van der Waals surface area (Å²) in [6.07, 6.45) is 3.99. The van der Waals surface area contributed by atoms with E-state index in [-0.39, 0.29) is 0 Å². The molecule has 0 radical (unpaired) electrons. The number of carboxylic acid groups (broad SMARTS) is 1. The average molecular weight is 227 g/mol. The van der Waals surface area contributed by atoms with Crippen LogP contribution in [0.2, 0.25) is 0 Å². The summed E-state index contributed by atoms with van der Waals surface area (Å²) < 4.78 is 0. The summed E-state index contributed by atoms with van der Waals surface area (Å²) in [5.41, 5.74) is -0.666. The number of carboxylic acids is 1. The molecule has 1 aliphatic rings. The van der Waals surface area contributed by atoms with Crippen molar-refractivity contribution in [2.45, 2.75) is 65.0 Å². The van der Waals surface area contributed by atoms with Crippen LogP contribution in [0, 0.1) is 5.92 Å². The lowest BCUT2D eigenvalue weighted by Gasteiger charge is -2.39. The Morgan fingerprint density at radius 2 is 2.06 bits per heavy atom. The van der Waals surface area contributed by atoms with Crippen molar-refractivity contribution in [3.63, 3.8) is 0 Å². The third-order valence-corrected chi connectivity index (χ3v) is 3.38. The summed E-state index contributed by atoms with van der Waals surface area (Å²) in [4.78, 5) is 13.8. The number of hydrogen-bond donors (Lipinski definition) is 1. The van der Waals surface area contributed by atoms with Crippen molar-refractivity contribution in [1.82, 2.24) is 4.90 Å². The number of carbonyl (C=O) groups is 1. The van der Waals surface area contributed by atoms with Crippen LogP contribution in [0.1, 0.15) is 53.4 Å². The number of hydrogen-bond acceptors (Lipinski definition) is 2. The van der Waals surface area contributed by atoms with Crippen LogP contribution in [-0.4, -0.2) is 34.1 Å². The van der Waals surface area contributed by atoms with E-state index in [4.69, 9.17) is 0 Å². The minimum atomic E-state index is -0.666.